The molecule has 128 valence electrons. The van der Waals surface area contributed by atoms with Crippen molar-refractivity contribution < 1.29 is 23.1 Å². The third-order valence-corrected chi connectivity index (χ3v) is 6.71. The van der Waals surface area contributed by atoms with Crippen molar-refractivity contribution in [2.45, 2.75) is 30.7 Å². The standard InChI is InChI=1S/C14H17Cl2NO5S/c1-3-11-8(14(18)19)4-5-17(11)23(20,21)13-7-9(15)12(22-2)6-10(13)16/h6-8,11H,3-5H2,1-2H3,(H,18,19). The molecule has 6 nitrogen and oxygen atoms in total. The van der Waals surface area contributed by atoms with E-state index < -0.39 is 28.0 Å². The van der Waals surface area contributed by atoms with Gasteiger partial charge in [-0.15, -0.1) is 0 Å². The summed E-state index contributed by atoms with van der Waals surface area (Å²) in [5.74, 6) is -1.44. The van der Waals surface area contributed by atoms with Crippen LogP contribution in [0.15, 0.2) is 17.0 Å². The molecule has 0 spiro atoms. The highest BCUT2D eigenvalue weighted by molar-refractivity contribution is 7.89. The lowest BCUT2D eigenvalue weighted by atomic mass is 9.99. The molecular formula is C14H17Cl2NO5S. The number of nitrogens with zero attached hydrogens (tertiary/aromatic N) is 1. The lowest BCUT2D eigenvalue weighted by Crippen LogP contribution is -2.39. The molecule has 0 aliphatic carbocycles. The van der Waals surface area contributed by atoms with Crippen molar-refractivity contribution in [3.05, 3.63) is 22.2 Å². The van der Waals surface area contributed by atoms with E-state index in [2.05, 4.69) is 0 Å². The summed E-state index contributed by atoms with van der Waals surface area (Å²) in [5, 5.41) is 9.36. The number of rotatable bonds is 5. The second kappa shape index (κ2) is 6.84. The number of halogens is 2. The molecule has 0 bridgehead atoms. The number of ether oxygens (including phenoxy) is 1. The van der Waals surface area contributed by atoms with E-state index in [1.54, 1.807) is 6.92 Å². The minimum atomic E-state index is -3.95. The zero-order chi connectivity index (χ0) is 17.4. The highest BCUT2D eigenvalue weighted by atomic mass is 35.5. The Morgan fingerprint density at radius 1 is 1.39 bits per heavy atom. The van der Waals surface area contributed by atoms with Crippen molar-refractivity contribution in [3.63, 3.8) is 0 Å². The molecule has 1 N–H and O–H groups in total. The van der Waals surface area contributed by atoms with Gasteiger partial charge in [-0.3, -0.25) is 4.79 Å². The van der Waals surface area contributed by atoms with Gasteiger partial charge in [0.25, 0.3) is 0 Å². The van der Waals surface area contributed by atoms with Crippen LogP contribution in [0.25, 0.3) is 0 Å². The van der Waals surface area contributed by atoms with Gasteiger partial charge in [-0.2, -0.15) is 4.31 Å². The normalized spacial score (nSPS) is 22.3. The number of carboxylic acid groups (broad SMARTS) is 1. The third-order valence-electron chi connectivity index (χ3n) is 4.02. The van der Waals surface area contributed by atoms with Gasteiger partial charge in [-0.25, -0.2) is 8.42 Å². The zero-order valence-corrected chi connectivity index (χ0v) is 15.0. The van der Waals surface area contributed by atoms with E-state index in [9.17, 15) is 18.3 Å². The van der Waals surface area contributed by atoms with Crippen LogP contribution in [0, 0.1) is 5.92 Å². The Kier molecular flexibility index (Phi) is 5.45. The highest BCUT2D eigenvalue weighted by Crippen LogP contribution is 2.38. The van der Waals surface area contributed by atoms with Gasteiger partial charge in [-0.05, 0) is 18.9 Å². The van der Waals surface area contributed by atoms with E-state index in [1.165, 1.54) is 23.5 Å². The van der Waals surface area contributed by atoms with E-state index in [0.717, 1.165) is 0 Å². The number of methoxy groups -OCH3 is 1. The maximum Gasteiger partial charge on any atom is 0.308 e. The van der Waals surface area contributed by atoms with Crippen molar-refractivity contribution in [1.29, 1.82) is 0 Å². The molecule has 2 unspecified atom stereocenters. The second-order valence-electron chi connectivity index (χ2n) is 5.24. The molecule has 9 heteroatoms. The number of hydrogen-bond donors (Lipinski definition) is 1. The Morgan fingerprint density at radius 3 is 2.57 bits per heavy atom. The minimum Gasteiger partial charge on any atom is -0.495 e. The van der Waals surface area contributed by atoms with Gasteiger partial charge in [0.2, 0.25) is 10.0 Å². The SMILES string of the molecule is CCC1C(C(=O)O)CCN1S(=O)(=O)c1cc(Cl)c(OC)cc1Cl. The Morgan fingerprint density at radius 2 is 2.04 bits per heavy atom. The number of carbonyl (C=O) groups is 1. The predicted molar refractivity (Wildman–Crippen MR) is 86.7 cm³/mol. The molecule has 2 atom stereocenters. The third kappa shape index (κ3) is 3.28. The Hall–Kier alpha value is -1.02. The van der Waals surface area contributed by atoms with Crippen LogP contribution >= 0.6 is 23.2 Å². The Balaban J connectivity index is 2.47. The first-order valence-corrected chi connectivity index (χ1v) is 9.21. The van der Waals surface area contributed by atoms with E-state index in [1.807, 2.05) is 0 Å². The van der Waals surface area contributed by atoms with Crippen LogP contribution in [-0.2, 0) is 14.8 Å². The Labute approximate surface area is 145 Å². The molecule has 1 aliphatic rings. The fourth-order valence-electron chi connectivity index (χ4n) is 2.89. The van der Waals surface area contributed by atoms with Crippen molar-refractivity contribution in [2.75, 3.05) is 13.7 Å². The largest absolute Gasteiger partial charge is 0.495 e. The zero-order valence-electron chi connectivity index (χ0n) is 12.6. The molecular weight excluding hydrogens is 365 g/mol. The van der Waals surface area contributed by atoms with E-state index in [-0.39, 0.29) is 33.7 Å². The summed E-state index contributed by atoms with van der Waals surface area (Å²) in [6, 6.07) is 1.97. The minimum absolute atomic E-state index is 0.0140. The van der Waals surface area contributed by atoms with Gasteiger partial charge in [-0.1, -0.05) is 30.1 Å². The van der Waals surface area contributed by atoms with Crippen molar-refractivity contribution in [3.8, 4) is 5.75 Å². The molecule has 0 radical (unpaired) electrons. The molecule has 1 saturated heterocycles. The molecule has 0 saturated carbocycles. The van der Waals surface area contributed by atoms with Crippen LogP contribution in [0.2, 0.25) is 10.0 Å². The molecule has 23 heavy (non-hydrogen) atoms. The Bertz CT molecular complexity index is 722. The second-order valence-corrected chi connectivity index (χ2v) is 7.92. The summed E-state index contributed by atoms with van der Waals surface area (Å²) in [6.45, 7) is 1.90. The van der Waals surface area contributed by atoms with Gasteiger partial charge in [0.05, 0.1) is 23.1 Å². The van der Waals surface area contributed by atoms with Gasteiger partial charge >= 0.3 is 5.97 Å². The fraction of sp³-hybridized carbons (Fsp3) is 0.500. The monoisotopic (exact) mass is 381 g/mol. The number of benzene rings is 1. The summed E-state index contributed by atoms with van der Waals surface area (Å²) in [5.41, 5.74) is 0. The van der Waals surface area contributed by atoms with Gasteiger partial charge in [0.1, 0.15) is 10.6 Å². The summed E-state index contributed by atoms with van der Waals surface area (Å²) >= 11 is 12.1. The fourth-order valence-corrected chi connectivity index (χ4v) is 5.47. The number of hydrogen-bond acceptors (Lipinski definition) is 4. The lowest BCUT2D eigenvalue weighted by Gasteiger charge is -2.25. The molecule has 1 heterocycles. The van der Waals surface area contributed by atoms with Crippen LogP contribution in [0.3, 0.4) is 0 Å². The average Bonchev–Trinajstić information content (AvgIpc) is 2.93. The predicted octanol–water partition coefficient (Wildman–Crippen LogP) is 2.88. The van der Waals surface area contributed by atoms with Crippen molar-refractivity contribution in [1.82, 2.24) is 4.31 Å². The van der Waals surface area contributed by atoms with Crippen molar-refractivity contribution >= 4 is 39.2 Å². The van der Waals surface area contributed by atoms with Crippen LogP contribution < -0.4 is 4.74 Å². The summed E-state index contributed by atoms with van der Waals surface area (Å²) in [7, 11) is -2.55. The highest BCUT2D eigenvalue weighted by Gasteiger charge is 2.44. The maximum atomic E-state index is 12.9. The van der Waals surface area contributed by atoms with Crippen LogP contribution in [0.4, 0.5) is 0 Å². The van der Waals surface area contributed by atoms with E-state index in [0.29, 0.717) is 6.42 Å². The van der Waals surface area contributed by atoms with Crippen molar-refractivity contribution in [2.24, 2.45) is 5.92 Å². The lowest BCUT2D eigenvalue weighted by molar-refractivity contribution is -0.142. The first-order chi connectivity index (χ1) is 10.7. The smallest absolute Gasteiger partial charge is 0.308 e. The molecule has 0 amide bonds. The van der Waals surface area contributed by atoms with Gasteiger partial charge in [0.15, 0.2) is 0 Å². The summed E-state index contributed by atoms with van der Waals surface area (Å²) in [6.07, 6.45) is 0.673. The molecule has 1 aromatic carbocycles. The maximum absolute atomic E-state index is 12.9. The number of carboxylic acids is 1. The van der Waals surface area contributed by atoms with Crippen LogP contribution in [0.1, 0.15) is 19.8 Å². The molecule has 1 aliphatic heterocycles. The topological polar surface area (TPSA) is 83.9 Å². The molecule has 1 fully saturated rings. The van der Waals surface area contributed by atoms with Crippen LogP contribution in [0.5, 0.6) is 5.75 Å². The first kappa shape index (κ1) is 18.3. The summed E-state index contributed by atoms with van der Waals surface area (Å²) in [4.78, 5) is 11.2. The quantitative estimate of drug-likeness (QED) is 0.847. The van der Waals surface area contributed by atoms with Gasteiger partial charge < -0.3 is 9.84 Å². The van der Waals surface area contributed by atoms with Gasteiger partial charge in [0, 0.05) is 18.7 Å². The molecule has 2 rings (SSSR count). The van der Waals surface area contributed by atoms with E-state index >= 15 is 0 Å². The summed E-state index contributed by atoms with van der Waals surface area (Å²) < 4.78 is 32.0. The number of aliphatic carboxylic acids is 1. The average molecular weight is 382 g/mol. The first-order valence-electron chi connectivity index (χ1n) is 7.01. The number of sulfonamides is 1. The molecule has 1 aromatic rings. The van der Waals surface area contributed by atoms with E-state index in [4.69, 9.17) is 27.9 Å². The van der Waals surface area contributed by atoms with Crippen LogP contribution in [-0.4, -0.2) is 43.5 Å². The molecule has 0 aromatic heterocycles.